The summed E-state index contributed by atoms with van der Waals surface area (Å²) in [5.74, 6) is 0. The first-order valence-electron chi connectivity index (χ1n) is 5.76. The molecule has 0 unspecified atom stereocenters. The molecule has 0 amide bonds. The summed E-state index contributed by atoms with van der Waals surface area (Å²) in [6, 6.07) is 8.23. The minimum Gasteiger partial charge on any atom is -0.317 e. The number of aromatic amines is 1. The van der Waals surface area contributed by atoms with Crippen LogP contribution in [0.3, 0.4) is 0 Å². The zero-order chi connectivity index (χ0) is 11.0. The van der Waals surface area contributed by atoms with Crippen molar-refractivity contribution in [2.24, 2.45) is 0 Å². The maximum atomic E-state index is 11.9. The van der Waals surface area contributed by atoms with Crippen molar-refractivity contribution in [2.75, 3.05) is 13.1 Å². The number of rotatable bonds is 1. The molecule has 1 saturated heterocycles. The summed E-state index contributed by atoms with van der Waals surface area (Å²) in [4.78, 5) is 14.8. The van der Waals surface area contributed by atoms with Gasteiger partial charge in [-0.2, -0.15) is 0 Å². The van der Waals surface area contributed by atoms with Gasteiger partial charge < -0.3 is 10.3 Å². The molecule has 0 saturated carbocycles. The maximum absolute atomic E-state index is 11.9. The average molecular weight is 254 g/mol. The molecule has 3 rings (SSSR count). The Morgan fingerprint density at radius 3 is 2.65 bits per heavy atom. The van der Waals surface area contributed by atoms with Crippen LogP contribution in [0.5, 0.6) is 0 Å². The van der Waals surface area contributed by atoms with Gasteiger partial charge in [-0.3, -0.25) is 4.57 Å². The van der Waals surface area contributed by atoms with Gasteiger partial charge in [0.05, 0.1) is 11.0 Å². The van der Waals surface area contributed by atoms with Gasteiger partial charge in [-0.05, 0) is 38.1 Å². The Morgan fingerprint density at radius 2 is 1.88 bits per heavy atom. The number of para-hydroxylation sites is 2. The molecule has 92 valence electrons. The Labute approximate surface area is 105 Å². The number of piperidine rings is 1. The van der Waals surface area contributed by atoms with Crippen LogP contribution in [-0.4, -0.2) is 22.6 Å². The van der Waals surface area contributed by atoms with Gasteiger partial charge in [0.25, 0.3) is 0 Å². The molecule has 17 heavy (non-hydrogen) atoms. The second kappa shape index (κ2) is 4.94. The largest absolute Gasteiger partial charge is 0.326 e. The molecule has 0 aliphatic carbocycles. The number of fused-ring (bicyclic) bond motifs is 1. The SMILES string of the molecule is Cl.O=c1[nH]c2ccccc2n1C1CCNCC1. The van der Waals surface area contributed by atoms with Crippen LogP contribution in [0, 0.1) is 0 Å². The third-order valence-electron chi connectivity index (χ3n) is 3.30. The molecule has 0 bridgehead atoms. The second-order valence-corrected chi connectivity index (χ2v) is 4.30. The number of nitrogens with one attached hydrogen (secondary N) is 2. The molecular weight excluding hydrogens is 238 g/mol. The number of hydrogen-bond donors (Lipinski definition) is 2. The van der Waals surface area contributed by atoms with Crippen LogP contribution in [0.1, 0.15) is 18.9 Å². The first-order valence-corrected chi connectivity index (χ1v) is 5.76. The highest BCUT2D eigenvalue weighted by molar-refractivity contribution is 5.85. The molecule has 0 radical (unpaired) electrons. The van der Waals surface area contributed by atoms with E-state index in [1.54, 1.807) is 0 Å². The Morgan fingerprint density at radius 1 is 1.18 bits per heavy atom. The first kappa shape index (κ1) is 12.2. The van der Waals surface area contributed by atoms with Crippen molar-refractivity contribution in [2.45, 2.75) is 18.9 Å². The van der Waals surface area contributed by atoms with E-state index in [0.29, 0.717) is 6.04 Å². The van der Waals surface area contributed by atoms with Crippen LogP contribution >= 0.6 is 12.4 Å². The van der Waals surface area contributed by atoms with Crippen molar-refractivity contribution in [3.05, 3.63) is 34.7 Å². The van der Waals surface area contributed by atoms with Crippen molar-refractivity contribution < 1.29 is 0 Å². The van der Waals surface area contributed by atoms with E-state index in [9.17, 15) is 4.79 Å². The summed E-state index contributed by atoms with van der Waals surface area (Å²) in [5.41, 5.74) is 1.98. The second-order valence-electron chi connectivity index (χ2n) is 4.30. The molecule has 2 heterocycles. The lowest BCUT2D eigenvalue weighted by molar-refractivity contribution is 0.368. The fourth-order valence-corrected chi connectivity index (χ4v) is 2.50. The number of nitrogens with zero attached hydrogens (tertiary/aromatic N) is 1. The molecule has 0 spiro atoms. The smallest absolute Gasteiger partial charge is 0.317 e. The Kier molecular flexibility index (Phi) is 3.54. The highest BCUT2D eigenvalue weighted by Gasteiger charge is 2.18. The van der Waals surface area contributed by atoms with Gasteiger partial charge in [0, 0.05) is 6.04 Å². The summed E-state index contributed by atoms with van der Waals surface area (Å²) in [6.45, 7) is 1.99. The molecule has 1 aromatic heterocycles. The molecule has 5 heteroatoms. The molecule has 1 aromatic carbocycles. The van der Waals surface area contributed by atoms with E-state index in [4.69, 9.17) is 0 Å². The van der Waals surface area contributed by atoms with E-state index in [1.165, 1.54) is 0 Å². The van der Waals surface area contributed by atoms with Crippen LogP contribution in [-0.2, 0) is 0 Å². The molecule has 1 aliphatic heterocycles. The van der Waals surface area contributed by atoms with E-state index in [1.807, 2.05) is 28.8 Å². The minimum atomic E-state index is 0. The van der Waals surface area contributed by atoms with Gasteiger partial charge in [-0.25, -0.2) is 4.79 Å². The molecular formula is C12H16ClN3O. The number of halogens is 1. The first-order chi connectivity index (χ1) is 7.86. The minimum absolute atomic E-state index is 0. The van der Waals surface area contributed by atoms with E-state index >= 15 is 0 Å². The van der Waals surface area contributed by atoms with E-state index in [2.05, 4.69) is 10.3 Å². The molecule has 1 fully saturated rings. The lowest BCUT2D eigenvalue weighted by Crippen LogP contribution is -2.33. The molecule has 2 N–H and O–H groups in total. The molecule has 4 nitrogen and oxygen atoms in total. The lowest BCUT2D eigenvalue weighted by Gasteiger charge is -2.23. The third kappa shape index (κ3) is 2.10. The van der Waals surface area contributed by atoms with Crippen LogP contribution in [0.4, 0.5) is 0 Å². The fourth-order valence-electron chi connectivity index (χ4n) is 2.50. The molecule has 0 atom stereocenters. The maximum Gasteiger partial charge on any atom is 0.326 e. The third-order valence-corrected chi connectivity index (χ3v) is 3.30. The van der Waals surface area contributed by atoms with Crippen LogP contribution < -0.4 is 11.0 Å². The van der Waals surface area contributed by atoms with E-state index in [-0.39, 0.29) is 18.1 Å². The van der Waals surface area contributed by atoms with Crippen LogP contribution in [0.15, 0.2) is 29.1 Å². The van der Waals surface area contributed by atoms with Gasteiger partial charge >= 0.3 is 5.69 Å². The van der Waals surface area contributed by atoms with E-state index in [0.717, 1.165) is 37.0 Å². The Bertz CT molecular complexity index is 554. The molecule has 1 aliphatic rings. The number of imidazole rings is 1. The van der Waals surface area contributed by atoms with Gasteiger partial charge in [-0.1, -0.05) is 12.1 Å². The van der Waals surface area contributed by atoms with Crippen molar-refractivity contribution in [3.8, 4) is 0 Å². The average Bonchev–Trinajstić information content (AvgIpc) is 2.66. The van der Waals surface area contributed by atoms with Crippen LogP contribution in [0.25, 0.3) is 11.0 Å². The summed E-state index contributed by atoms with van der Waals surface area (Å²) in [5, 5.41) is 3.32. The Hall–Kier alpha value is -1.26. The zero-order valence-electron chi connectivity index (χ0n) is 9.48. The van der Waals surface area contributed by atoms with Gasteiger partial charge in [0.15, 0.2) is 0 Å². The van der Waals surface area contributed by atoms with Gasteiger partial charge in [0.1, 0.15) is 0 Å². The van der Waals surface area contributed by atoms with Crippen molar-refractivity contribution in [3.63, 3.8) is 0 Å². The van der Waals surface area contributed by atoms with Gasteiger partial charge in [0.2, 0.25) is 0 Å². The topological polar surface area (TPSA) is 49.8 Å². The highest BCUT2D eigenvalue weighted by atomic mass is 35.5. The summed E-state index contributed by atoms with van der Waals surface area (Å²) < 4.78 is 1.91. The van der Waals surface area contributed by atoms with Crippen molar-refractivity contribution >= 4 is 23.4 Å². The molecule has 2 aromatic rings. The quantitative estimate of drug-likeness (QED) is 0.812. The standard InChI is InChI=1S/C12H15N3O.ClH/c16-12-14-10-3-1-2-4-11(10)15(12)9-5-7-13-8-6-9;/h1-4,9,13H,5-8H2,(H,14,16);1H. The fraction of sp³-hybridized carbons (Fsp3) is 0.417. The number of H-pyrrole nitrogens is 1. The van der Waals surface area contributed by atoms with Crippen molar-refractivity contribution in [1.82, 2.24) is 14.9 Å². The van der Waals surface area contributed by atoms with Crippen LogP contribution in [0.2, 0.25) is 0 Å². The number of benzene rings is 1. The highest BCUT2D eigenvalue weighted by Crippen LogP contribution is 2.21. The monoisotopic (exact) mass is 253 g/mol. The number of aromatic nitrogens is 2. The predicted molar refractivity (Wildman–Crippen MR) is 70.9 cm³/mol. The van der Waals surface area contributed by atoms with Crippen molar-refractivity contribution in [1.29, 1.82) is 0 Å². The summed E-state index contributed by atoms with van der Waals surface area (Å²) in [7, 11) is 0. The summed E-state index contributed by atoms with van der Waals surface area (Å²) in [6.07, 6.45) is 2.06. The number of hydrogen-bond acceptors (Lipinski definition) is 2. The van der Waals surface area contributed by atoms with Gasteiger partial charge in [-0.15, -0.1) is 12.4 Å². The Balaban J connectivity index is 0.00000108. The predicted octanol–water partition coefficient (Wildman–Crippen LogP) is 1.68. The summed E-state index contributed by atoms with van der Waals surface area (Å²) >= 11 is 0. The normalized spacial score (nSPS) is 16.9. The van der Waals surface area contributed by atoms with E-state index < -0.39 is 0 Å². The zero-order valence-corrected chi connectivity index (χ0v) is 10.3. The lowest BCUT2D eigenvalue weighted by atomic mass is 10.1.